The summed E-state index contributed by atoms with van der Waals surface area (Å²) in [6, 6.07) is -0.639. The van der Waals surface area contributed by atoms with Gasteiger partial charge in [0.25, 0.3) is 0 Å². The number of ether oxygens (including phenoxy) is 1. The van der Waals surface area contributed by atoms with Crippen molar-refractivity contribution in [2.24, 2.45) is 0 Å². The molecule has 404 valence electrons. The lowest BCUT2D eigenvalue weighted by molar-refractivity contribution is -0.143. The number of nitrogens with one attached hydrogen (secondary N) is 1. The highest BCUT2D eigenvalue weighted by Gasteiger charge is 2.18. The topological polar surface area (TPSA) is 95.9 Å². The van der Waals surface area contributed by atoms with Crippen LogP contribution in [0.4, 0.5) is 0 Å². The Balaban J connectivity index is 3.45. The number of amides is 1. The molecule has 0 aliphatic heterocycles. The molecule has 2 unspecified atom stereocenters. The predicted octanol–water partition coefficient (Wildman–Crippen LogP) is 19.2. The van der Waals surface area contributed by atoms with E-state index in [4.69, 9.17) is 4.74 Å². The van der Waals surface area contributed by atoms with Crippen LogP contribution >= 0.6 is 0 Å². The van der Waals surface area contributed by atoms with Crippen molar-refractivity contribution in [2.75, 3.05) is 13.2 Å². The average molecular weight is 961 g/mol. The van der Waals surface area contributed by atoms with Crippen molar-refractivity contribution in [3.05, 3.63) is 12.2 Å². The van der Waals surface area contributed by atoms with Gasteiger partial charge in [0.2, 0.25) is 5.91 Å². The van der Waals surface area contributed by atoms with Gasteiger partial charge in [-0.25, -0.2) is 0 Å². The molecule has 3 N–H and O–H groups in total. The van der Waals surface area contributed by atoms with E-state index in [9.17, 15) is 19.8 Å². The molecule has 6 heteroatoms. The predicted molar refractivity (Wildman–Crippen MR) is 297 cm³/mol. The van der Waals surface area contributed by atoms with E-state index in [2.05, 4.69) is 19.2 Å². The highest BCUT2D eigenvalue weighted by molar-refractivity contribution is 5.76. The Labute approximate surface area is 425 Å². The molecule has 0 rings (SSSR count). The molecule has 0 aliphatic carbocycles. The zero-order valence-corrected chi connectivity index (χ0v) is 46.1. The quantitative estimate of drug-likeness (QED) is 0.0321. The molecule has 0 aliphatic rings. The van der Waals surface area contributed by atoms with Crippen LogP contribution in [0.5, 0.6) is 0 Å². The normalized spacial score (nSPS) is 12.6. The van der Waals surface area contributed by atoms with E-state index < -0.39 is 12.1 Å². The van der Waals surface area contributed by atoms with Gasteiger partial charge in [0.1, 0.15) is 0 Å². The third-order valence-corrected chi connectivity index (χ3v) is 14.6. The molecule has 1 amide bonds. The van der Waals surface area contributed by atoms with Crippen LogP contribution in [0, 0.1) is 0 Å². The van der Waals surface area contributed by atoms with Gasteiger partial charge in [-0.2, -0.15) is 0 Å². The molecule has 0 aromatic heterocycles. The number of aliphatic hydroxyl groups is 2. The minimum atomic E-state index is -0.855. The summed E-state index contributed by atoms with van der Waals surface area (Å²) in [7, 11) is 0. The minimum Gasteiger partial charge on any atom is -0.466 e. The lowest BCUT2D eigenvalue weighted by atomic mass is 10.0. The van der Waals surface area contributed by atoms with Gasteiger partial charge >= 0.3 is 5.97 Å². The summed E-state index contributed by atoms with van der Waals surface area (Å²) in [6.45, 7) is 4.91. The molecule has 0 saturated heterocycles. The molecule has 0 radical (unpaired) electrons. The van der Waals surface area contributed by atoms with Gasteiger partial charge in [0.15, 0.2) is 0 Å². The Morgan fingerprint density at radius 2 is 0.676 bits per heavy atom. The van der Waals surface area contributed by atoms with E-state index in [1.807, 2.05) is 6.08 Å². The molecule has 0 aromatic rings. The zero-order valence-electron chi connectivity index (χ0n) is 46.1. The Kier molecular flexibility index (Phi) is 57.0. The van der Waals surface area contributed by atoms with Gasteiger partial charge in [-0.05, 0) is 32.1 Å². The van der Waals surface area contributed by atoms with Gasteiger partial charge in [-0.1, -0.05) is 315 Å². The number of rotatable bonds is 58. The number of allylic oxidation sites excluding steroid dienone is 1. The number of unbranched alkanes of at least 4 members (excludes halogenated alkanes) is 47. The second-order valence-electron chi connectivity index (χ2n) is 21.4. The Morgan fingerprint density at radius 3 is 1.00 bits per heavy atom. The number of hydrogen-bond donors (Lipinski definition) is 3. The second kappa shape index (κ2) is 58.2. The zero-order chi connectivity index (χ0) is 49.3. The third-order valence-electron chi connectivity index (χ3n) is 14.6. The lowest BCUT2D eigenvalue weighted by Crippen LogP contribution is -2.45. The monoisotopic (exact) mass is 960 g/mol. The van der Waals surface area contributed by atoms with Crippen molar-refractivity contribution in [1.29, 1.82) is 0 Å². The van der Waals surface area contributed by atoms with Crippen LogP contribution in [0.15, 0.2) is 12.2 Å². The van der Waals surface area contributed by atoms with E-state index in [1.165, 1.54) is 263 Å². The maximum atomic E-state index is 12.5. The van der Waals surface area contributed by atoms with E-state index in [-0.39, 0.29) is 18.5 Å². The smallest absolute Gasteiger partial charge is 0.305 e. The van der Waals surface area contributed by atoms with Crippen LogP contribution in [0.25, 0.3) is 0 Å². The molecular formula is C62H121NO5. The summed E-state index contributed by atoms with van der Waals surface area (Å²) in [6.07, 6.45) is 69.6. The van der Waals surface area contributed by atoms with Crippen molar-refractivity contribution in [1.82, 2.24) is 5.32 Å². The van der Waals surface area contributed by atoms with Crippen LogP contribution in [0.1, 0.15) is 348 Å². The minimum absolute atomic E-state index is 0.00498. The highest BCUT2D eigenvalue weighted by atomic mass is 16.5. The van der Waals surface area contributed by atoms with Crippen LogP contribution in [-0.2, 0) is 14.3 Å². The van der Waals surface area contributed by atoms with Crippen LogP contribution in [0.3, 0.4) is 0 Å². The van der Waals surface area contributed by atoms with E-state index in [0.29, 0.717) is 19.4 Å². The largest absolute Gasteiger partial charge is 0.466 e. The maximum absolute atomic E-state index is 12.5. The average Bonchev–Trinajstić information content (AvgIpc) is 3.34. The lowest BCUT2D eigenvalue weighted by Gasteiger charge is -2.20. The van der Waals surface area contributed by atoms with Crippen molar-refractivity contribution in [3.63, 3.8) is 0 Å². The van der Waals surface area contributed by atoms with Crippen LogP contribution in [0.2, 0.25) is 0 Å². The molecule has 2 atom stereocenters. The molecule has 68 heavy (non-hydrogen) atoms. The summed E-state index contributed by atoms with van der Waals surface area (Å²) in [5.41, 5.74) is 0. The van der Waals surface area contributed by atoms with Gasteiger partial charge in [-0.3, -0.25) is 9.59 Å². The molecule has 0 heterocycles. The fraction of sp³-hybridized carbons (Fsp3) is 0.935. The van der Waals surface area contributed by atoms with Gasteiger partial charge in [0.05, 0.1) is 25.4 Å². The molecule has 0 aromatic carbocycles. The third kappa shape index (κ3) is 53.9. The number of hydrogen-bond acceptors (Lipinski definition) is 5. The molecule has 6 nitrogen and oxygen atoms in total. The fourth-order valence-corrected chi connectivity index (χ4v) is 9.81. The van der Waals surface area contributed by atoms with Crippen molar-refractivity contribution in [3.8, 4) is 0 Å². The molecule has 0 bridgehead atoms. The van der Waals surface area contributed by atoms with E-state index in [1.54, 1.807) is 6.08 Å². The Bertz CT molecular complexity index is 1020. The first-order chi connectivity index (χ1) is 33.5. The van der Waals surface area contributed by atoms with Gasteiger partial charge in [-0.15, -0.1) is 0 Å². The fourth-order valence-electron chi connectivity index (χ4n) is 9.81. The van der Waals surface area contributed by atoms with Crippen molar-refractivity contribution < 1.29 is 24.5 Å². The first kappa shape index (κ1) is 66.6. The molecular weight excluding hydrogens is 839 g/mol. The standard InChI is InChI=1S/C62H121NO5/c1-3-5-7-9-11-13-15-17-19-21-23-25-26-28-30-34-38-42-46-50-54-60(65)59(58-64)63-61(66)55-51-47-43-39-35-32-33-37-41-45-49-53-57-68-62(67)56-52-48-44-40-36-31-29-27-24-22-20-18-16-14-12-10-8-6-4-2/h50,54,59-60,64-65H,3-49,51-53,55-58H2,1-2H3,(H,63,66)/b54-50+. The summed E-state index contributed by atoms with van der Waals surface area (Å²) < 4.78 is 5.49. The number of carbonyl (C=O) groups excluding carboxylic acids is 2. The first-order valence-corrected chi connectivity index (χ1v) is 31.0. The first-order valence-electron chi connectivity index (χ1n) is 31.0. The Hall–Kier alpha value is -1.40. The summed E-state index contributed by atoms with van der Waals surface area (Å²) in [4.78, 5) is 24.6. The number of esters is 1. The van der Waals surface area contributed by atoms with E-state index in [0.717, 1.165) is 57.8 Å². The van der Waals surface area contributed by atoms with E-state index >= 15 is 0 Å². The SMILES string of the molecule is CCCCCCCCCCCCCCCCCCCC/C=C/C(O)C(CO)NC(=O)CCCCCCCCCCCCCCOC(=O)CCCCCCCCCCCCCCCCCCCCC. The summed E-state index contributed by atoms with van der Waals surface area (Å²) >= 11 is 0. The van der Waals surface area contributed by atoms with Crippen molar-refractivity contribution >= 4 is 11.9 Å². The molecule has 0 saturated carbocycles. The van der Waals surface area contributed by atoms with Crippen LogP contribution < -0.4 is 5.32 Å². The summed E-state index contributed by atoms with van der Waals surface area (Å²) in [5.74, 6) is -0.0844. The summed E-state index contributed by atoms with van der Waals surface area (Å²) in [5, 5.41) is 23.2. The number of aliphatic hydroxyl groups excluding tert-OH is 2. The number of carbonyl (C=O) groups is 2. The second-order valence-corrected chi connectivity index (χ2v) is 21.4. The van der Waals surface area contributed by atoms with Gasteiger partial charge in [0, 0.05) is 12.8 Å². The molecule has 0 fully saturated rings. The maximum Gasteiger partial charge on any atom is 0.305 e. The highest BCUT2D eigenvalue weighted by Crippen LogP contribution is 2.18. The van der Waals surface area contributed by atoms with Gasteiger partial charge < -0.3 is 20.3 Å². The molecule has 0 spiro atoms. The van der Waals surface area contributed by atoms with Crippen LogP contribution in [-0.4, -0.2) is 47.4 Å². The Morgan fingerprint density at radius 1 is 0.397 bits per heavy atom. The van der Waals surface area contributed by atoms with Crippen molar-refractivity contribution in [2.45, 2.75) is 360 Å².